The van der Waals surface area contributed by atoms with Gasteiger partial charge in [-0.05, 0) is 46.2 Å². The summed E-state index contributed by atoms with van der Waals surface area (Å²) in [5, 5.41) is 8.75. The molecule has 0 heterocycles. The van der Waals surface area contributed by atoms with E-state index >= 15 is 0 Å². The zero-order chi connectivity index (χ0) is 12.1. The second-order valence-electron chi connectivity index (χ2n) is 3.81. The molecular weight excluding hydrogens is 319 g/mol. The third kappa shape index (κ3) is 3.92. The van der Waals surface area contributed by atoms with Crippen LogP contribution >= 0.6 is 22.6 Å². The van der Waals surface area contributed by atoms with E-state index in [1.807, 2.05) is 25.1 Å². The molecule has 0 radical (unpaired) electrons. The number of carbonyl (C=O) groups is 2. The summed E-state index contributed by atoms with van der Waals surface area (Å²) in [4.78, 5) is 21.2. The molecule has 0 bridgehead atoms. The van der Waals surface area contributed by atoms with Crippen molar-refractivity contribution in [3.05, 3.63) is 32.9 Å². The lowest BCUT2D eigenvalue weighted by atomic mass is 10.00. The molecule has 0 saturated carbocycles. The Morgan fingerprint density at radius 2 is 2.25 bits per heavy atom. The summed E-state index contributed by atoms with van der Waals surface area (Å²) in [6.07, 6.45) is 1.60. The summed E-state index contributed by atoms with van der Waals surface area (Å²) in [5.74, 6) is -0.865. The van der Waals surface area contributed by atoms with Crippen molar-refractivity contribution in [1.82, 2.24) is 0 Å². The third-order valence-corrected chi connectivity index (χ3v) is 3.29. The van der Waals surface area contributed by atoms with Crippen LogP contribution in [0.3, 0.4) is 0 Å². The molecule has 1 rings (SSSR count). The Hall–Kier alpha value is -0.910. The number of rotatable bonds is 5. The Balaban J connectivity index is 2.88. The van der Waals surface area contributed by atoms with Crippen LogP contribution in [0.1, 0.15) is 18.1 Å². The molecular formula is C12H13IO3. The molecule has 0 saturated heterocycles. The van der Waals surface area contributed by atoms with Gasteiger partial charge < -0.3 is 9.90 Å². The van der Waals surface area contributed by atoms with Crippen molar-refractivity contribution in [2.45, 2.75) is 19.8 Å². The molecule has 0 aliphatic rings. The molecule has 0 amide bonds. The summed E-state index contributed by atoms with van der Waals surface area (Å²) < 4.78 is 0.947. The van der Waals surface area contributed by atoms with E-state index < -0.39 is 5.97 Å². The molecule has 86 valence electrons. The number of halogens is 1. The largest absolute Gasteiger partial charge is 0.481 e. The molecule has 0 aromatic heterocycles. The van der Waals surface area contributed by atoms with Crippen LogP contribution < -0.4 is 0 Å². The molecule has 1 aromatic rings. The number of hydrogen-bond donors (Lipinski definition) is 1. The van der Waals surface area contributed by atoms with Gasteiger partial charge in [-0.15, -0.1) is 0 Å². The topological polar surface area (TPSA) is 54.4 Å². The molecule has 4 heteroatoms. The van der Waals surface area contributed by atoms with Crippen molar-refractivity contribution in [3.8, 4) is 0 Å². The van der Waals surface area contributed by atoms with Gasteiger partial charge in [0.25, 0.3) is 0 Å². The number of aldehydes is 1. The van der Waals surface area contributed by atoms with Crippen molar-refractivity contribution < 1.29 is 14.7 Å². The zero-order valence-electron chi connectivity index (χ0n) is 8.94. The van der Waals surface area contributed by atoms with Gasteiger partial charge in [-0.2, -0.15) is 0 Å². The van der Waals surface area contributed by atoms with E-state index in [1.54, 1.807) is 0 Å². The molecule has 0 fully saturated rings. The molecule has 16 heavy (non-hydrogen) atoms. The minimum Gasteiger partial charge on any atom is -0.481 e. The van der Waals surface area contributed by atoms with E-state index in [-0.39, 0.29) is 12.3 Å². The third-order valence-electron chi connectivity index (χ3n) is 2.24. The second-order valence-corrected chi connectivity index (χ2v) is 4.98. The Bertz CT molecular complexity index is 401. The summed E-state index contributed by atoms with van der Waals surface area (Å²) >= 11 is 2.12. The van der Waals surface area contributed by atoms with Gasteiger partial charge in [-0.1, -0.05) is 19.1 Å². The van der Waals surface area contributed by atoms with E-state index in [0.29, 0.717) is 6.42 Å². The predicted molar refractivity (Wildman–Crippen MR) is 69.4 cm³/mol. The van der Waals surface area contributed by atoms with Gasteiger partial charge in [0.05, 0.1) is 6.42 Å². The predicted octanol–water partition coefficient (Wildman–Crippen LogP) is 2.30. The van der Waals surface area contributed by atoms with Gasteiger partial charge in [0.15, 0.2) is 0 Å². The van der Waals surface area contributed by atoms with Gasteiger partial charge in [-0.25, -0.2) is 0 Å². The van der Waals surface area contributed by atoms with Crippen LogP contribution in [0, 0.1) is 9.49 Å². The molecule has 0 aliphatic carbocycles. The fourth-order valence-electron chi connectivity index (χ4n) is 1.47. The highest BCUT2D eigenvalue weighted by atomic mass is 127. The lowest BCUT2D eigenvalue weighted by Crippen LogP contribution is -2.05. The Morgan fingerprint density at radius 1 is 1.56 bits per heavy atom. The first kappa shape index (κ1) is 13.2. The van der Waals surface area contributed by atoms with Crippen LogP contribution in [-0.2, 0) is 22.4 Å². The van der Waals surface area contributed by atoms with E-state index in [4.69, 9.17) is 5.11 Å². The lowest BCUT2D eigenvalue weighted by molar-refractivity contribution is -0.136. The fraction of sp³-hybridized carbons (Fsp3) is 0.333. The first-order valence-corrected chi connectivity index (χ1v) is 6.05. The minimum absolute atomic E-state index is 0.0293. The molecule has 0 spiro atoms. The smallest absolute Gasteiger partial charge is 0.307 e. The highest BCUT2D eigenvalue weighted by molar-refractivity contribution is 14.1. The van der Waals surface area contributed by atoms with Crippen molar-refractivity contribution in [2.75, 3.05) is 0 Å². The standard InChI is InChI=1S/C12H13IO3/c1-8(7-14)4-9-2-3-11(13)10(5-9)6-12(15)16/h2-3,5,7-8H,4,6H2,1H3,(H,15,16). The van der Waals surface area contributed by atoms with E-state index in [1.165, 1.54) is 0 Å². The van der Waals surface area contributed by atoms with Crippen molar-refractivity contribution in [1.29, 1.82) is 0 Å². The molecule has 1 N–H and O–H groups in total. The molecule has 3 nitrogen and oxygen atoms in total. The Kier molecular flexibility index (Phi) is 4.92. The van der Waals surface area contributed by atoms with Crippen LogP contribution in [0.2, 0.25) is 0 Å². The van der Waals surface area contributed by atoms with E-state index in [2.05, 4.69) is 22.6 Å². The monoisotopic (exact) mass is 332 g/mol. The maximum atomic E-state index is 10.7. The Morgan fingerprint density at radius 3 is 2.81 bits per heavy atom. The van der Waals surface area contributed by atoms with Crippen molar-refractivity contribution >= 4 is 34.8 Å². The number of carbonyl (C=O) groups excluding carboxylic acids is 1. The summed E-state index contributed by atoms with van der Waals surface area (Å²) in [7, 11) is 0. The lowest BCUT2D eigenvalue weighted by Gasteiger charge is -2.07. The average Bonchev–Trinajstić information content (AvgIpc) is 2.22. The first-order valence-electron chi connectivity index (χ1n) is 4.97. The number of carboxylic acid groups (broad SMARTS) is 1. The number of aliphatic carboxylic acids is 1. The molecule has 1 unspecified atom stereocenters. The van der Waals surface area contributed by atoms with Crippen molar-refractivity contribution in [3.63, 3.8) is 0 Å². The van der Waals surface area contributed by atoms with Crippen LogP contribution in [0.5, 0.6) is 0 Å². The normalized spacial score (nSPS) is 12.1. The van der Waals surface area contributed by atoms with Gasteiger partial charge in [0.1, 0.15) is 6.29 Å². The van der Waals surface area contributed by atoms with Gasteiger partial charge in [-0.3, -0.25) is 4.79 Å². The Labute approximate surface area is 108 Å². The number of benzene rings is 1. The highest BCUT2D eigenvalue weighted by Crippen LogP contribution is 2.17. The highest BCUT2D eigenvalue weighted by Gasteiger charge is 2.08. The molecule has 1 aromatic carbocycles. The average molecular weight is 332 g/mol. The second kappa shape index (κ2) is 5.98. The summed E-state index contributed by atoms with van der Waals surface area (Å²) in [6, 6.07) is 5.70. The quantitative estimate of drug-likeness (QED) is 0.665. The van der Waals surface area contributed by atoms with Gasteiger partial charge in [0.2, 0.25) is 0 Å². The SMILES string of the molecule is CC(C=O)Cc1ccc(I)c(CC(=O)O)c1. The maximum absolute atomic E-state index is 10.7. The summed E-state index contributed by atoms with van der Waals surface area (Å²) in [5.41, 5.74) is 1.82. The number of carboxylic acids is 1. The van der Waals surface area contributed by atoms with Gasteiger partial charge >= 0.3 is 5.97 Å². The van der Waals surface area contributed by atoms with Gasteiger partial charge in [0, 0.05) is 9.49 Å². The van der Waals surface area contributed by atoms with Crippen LogP contribution in [0.4, 0.5) is 0 Å². The molecule has 0 aliphatic heterocycles. The van der Waals surface area contributed by atoms with Crippen LogP contribution in [-0.4, -0.2) is 17.4 Å². The molecule has 1 atom stereocenters. The van der Waals surface area contributed by atoms with Crippen LogP contribution in [0.15, 0.2) is 18.2 Å². The fourth-order valence-corrected chi connectivity index (χ4v) is 2.00. The van der Waals surface area contributed by atoms with Crippen LogP contribution in [0.25, 0.3) is 0 Å². The van der Waals surface area contributed by atoms with Crippen molar-refractivity contribution in [2.24, 2.45) is 5.92 Å². The minimum atomic E-state index is -0.835. The summed E-state index contributed by atoms with van der Waals surface area (Å²) in [6.45, 7) is 1.85. The van der Waals surface area contributed by atoms with E-state index in [0.717, 1.165) is 21.0 Å². The zero-order valence-corrected chi connectivity index (χ0v) is 11.1. The van der Waals surface area contributed by atoms with E-state index in [9.17, 15) is 9.59 Å². The first-order chi connectivity index (χ1) is 7.52. The maximum Gasteiger partial charge on any atom is 0.307 e. The number of hydrogen-bond acceptors (Lipinski definition) is 2.